The van der Waals surface area contributed by atoms with Crippen molar-refractivity contribution in [3.63, 3.8) is 0 Å². The summed E-state index contributed by atoms with van der Waals surface area (Å²) in [4.78, 5) is 25.8. The van der Waals surface area contributed by atoms with Crippen LogP contribution in [0, 0.1) is 0 Å². The number of hydrogen-bond acceptors (Lipinski definition) is 5. The van der Waals surface area contributed by atoms with Gasteiger partial charge in [0, 0.05) is 11.1 Å². The summed E-state index contributed by atoms with van der Waals surface area (Å²) in [6.45, 7) is -0.736. The first-order valence-electron chi connectivity index (χ1n) is 9.50. The fourth-order valence-corrected chi connectivity index (χ4v) is 5.17. The Morgan fingerprint density at radius 2 is 1.56 bits per heavy atom. The van der Waals surface area contributed by atoms with E-state index in [-0.39, 0.29) is 26.7 Å². The lowest BCUT2D eigenvalue weighted by Crippen LogP contribution is -2.43. The van der Waals surface area contributed by atoms with Crippen LogP contribution in [0.3, 0.4) is 0 Å². The zero-order valence-electron chi connectivity index (χ0n) is 16.5. The second-order valence-corrected chi connectivity index (χ2v) is 9.17. The summed E-state index contributed by atoms with van der Waals surface area (Å²) in [6.07, 6.45) is 0. The molecule has 1 amide bonds. The van der Waals surface area contributed by atoms with Gasteiger partial charge in [-0.05, 0) is 24.3 Å². The lowest BCUT2D eigenvalue weighted by atomic mass is 10.0. The number of ketones is 1. The molecular weight excluding hydrogens is 452 g/mol. The van der Waals surface area contributed by atoms with Gasteiger partial charge in [0.05, 0.1) is 15.6 Å². The van der Waals surface area contributed by atoms with E-state index in [1.807, 2.05) is 0 Å². The number of amides is 1. The molecule has 1 aliphatic rings. The molecule has 2 N–H and O–H groups in total. The number of para-hydroxylation sites is 1. The maximum absolute atomic E-state index is 13.4. The Labute approximate surface area is 189 Å². The number of allylic oxidation sites excluding steroid dienone is 1. The van der Waals surface area contributed by atoms with Crippen LogP contribution in [0.25, 0.3) is 5.76 Å². The number of nitrogens with zero attached hydrogens (tertiary/aromatic N) is 1. The summed E-state index contributed by atoms with van der Waals surface area (Å²) in [5, 5.41) is 13.7. The molecule has 3 aromatic carbocycles. The molecule has 0 fully saturated rings. The molecule has 7 nitrogen and oxygen atoms in total. The zero-order chi connectivity index (χ0) is 22.9. The second kappa shape index (κ2) is 8.49. The number of sulfonamides is 1. The van der Waals surface area contributed by atoms with Gasteiger partial charge in [-0.1, -0.05) is 66.2 Å². The molecule has 162 valence electrons. The zero-order valence-corrected chi connectivity index (χ0v) is 18.1. The highest BCUT2D eigenvalue weighted by molar-refractivity contribution is 7.89. The van der Waals surface area contributed by atoms with E-state index in [1.54, 1.807) is 42.5 Å². The number of halogens is 1. The van der Waals surface area contributed by atoms with Gasteiger partial charge in [-0.2, -0.15) is 0 Å². The van der Waals surface area contributed by atoms with Crippen LogP contribution in [0.4, 0.5) is 5.69 Å². The van der Waals surface area contributed by atoms with Crippen molar-refractivity contribution < 1.29 is 23.1 Å². The SMILES string of the molecule is O=C(CN1/C(=C(/O)c2ccccc2)C(=O)c2ccccc2S1(=O)=O)Nc1ccccc1Cl. The van der Waals surface area contributed by atoms with E-state index in [9.17, 15) is 23.1 Å². The van der Waals surface area contributed by atoms with E-state index in [0.717, 1.165) is 0 Å². The van der Waals surface area contributed by atoms with Crippen LogP contribution in [-0.2, 0) is 14.8 Å². The Kier molecular flexibility index (Phi) is 5.73. The number of aliphatic hydroxyl groups excluding tert-OH is 1. The Morgan fingerprint density at radius 1 is 0.938 bits per heavy atom. The van der Waals surface area contributed by atoms with Crippen molar-refractivity contribution in [1.29, 1.82) is 0 Å². The number of carbonyl (C=O) groups excluding carboxylic acids is 2. The minimum absolute atomic E-state index is 0.0762. The highest BCUT2D eigenvalue weighted by Gasteiger charge is 2.42. The van der Waals surface area contributed by atoms with E-state index in [0.29, 0.717) is 4.31 Å². The van der Waals surface area contributed by atoms with Crippen LogP contribution in [0.15, 0.2) is 89.5 Å². The molecule has 1 aliphatic heterocycles. The number of hydrogen-bond donors (Lipinski definition) is 2. The summed E-state index contributed by atoms with van der Waals surface area (Å²) >= 11 is 6.07. The summed E-state index contributed by atoms with van der Waals surface area (Å²) in [7, 11) is -4.31. The highest BCUT2D eigenvalue weighted by atomic mass is 35.5. The Bertz CT molecular complexity index is 1350. The van der Waals surface area contributed by atoms with Gasteiger partial charge in [0.25, 0.3) is 10.0 Å². The first-order chi connectivity index (χ1) is 15.3. The molecule has 0 aliphatic carbocycles. The van der Waals surface area contributed by atoms with E-state index < -0.39 is 39.7 Å². The molecule has 0 aromatic heterocycles. The smallest absolute Gasteiger partial charge is 0.265 e. The minimum Gasteiger partial charge on any atom is -0.505 e. The quantitative estimate of drug-likeness (QED) is 0.443. The maximum atomic E-state index is 13.4. The predicted octanol–water partition coefficient (Wildman–Crippen LogP) is 4.09. The molecule has 4 rings (SSSR count). The molecule has 9 heteroatoms. The third kappa shape index (κ3) is 3.86. The van der Waals surface area contributed by atoms with Crippen LogP contribution in [0.2, 0.25) is 5.02 Å². The van der Waals surface area contributed by atoms with Gasteiger partial charge in [0.15, 0.2) is 5.76 Å². The van der Waals surface area contributed by atoms with Gasteiger partial charge in [-0.15, -0.1) is 0 Å². The van der Waals surface area contributed by atoms with Crippen molar-refractivity contribution in [2.24, 2.45) is 0 Å². The molecule has 0 spiro atoms. The number of rotatable bonds is 4. The molecule has 1 heterocycles. The van der Waals surface area contributed by atoms with Crippen molar-refractivity contribution in [2.75, 3.05) is 11.9 Å². The maximum Gasteiger partial charge on any atom is 0.265 e. The average Bonchev–Trinajstić information content (AvgIpc) is 2.79. The Morgan fingerprint density at radius 3 is 2.28 bits per heavy atom. The molecule has 0 bridgehead atoms. The lowest BCUT2D eigenvalue weighted by molar-refractivity contribution is -0.116. The molecule has 0 radical (unpaired) electrons. The van der Waals surface area contributed by atoms with Crippen LogP contribution < -0.4 is 5.32 Å². The van der Waals surface area contributed by atoms with Gasteiger partial charge in [-0.3, -0.25) is 9.59 Å². The number of benzene rings is 3. The van der Waals surface area contributed by atoms with Crippen LogP contribution in [0.1, 0.15) is 15.9 Å². The highest BCUT2D eigenvalue weighted by Crippen LogP contribution is 2.35. The molecular formula is C23H17ClN2O5S. The molecule has 0 saturated heterocycles. The van der Waals surface area contributed by atoms with Crippen LogP contribution in [-0.4, -0.2) is 36.1 Å². The molecule has 0 unspecified atom stereocenters. The first kappa shape index (κ1) is 21.6. The number of anilines is 1. The fraction of sp³-hybridized carbons (Fsp3) is 0.0435. The van der Waals surface area contributed by atoms with Crippen molar-refractivity contribution in [1.82, 2.24) is 4.31 Å². The van der Waals surface area contributed by atoms with E-state index in [1.165, 1.54) is 36.4 Å². The lowest BCUT2D eigenvalue weighted by Gasteiger charge is -2.31. The standard InChI is InChI=1S/C23H17ClN2O5S/c24-17-11-5-6-12-18(17)25-20(27)14-26-21(22(28)15-8-2-1-3-9-15)23(29)16-10-4-7-13-19(16)32(26,30)31/h1-13,28H,14H2,(H,25,27)/b22-21+. The first-order valence-corrected chi connectivity index (χ1v) is 11.3. The van der Waals surface area contributed by atoms with Crippen LogP contribution >= 0.6 is 11.6 Å². The van der Waals surface area contributed by atoms with Gasteiger partial charge in [0.2, 0.25) is 11.7 Å². The summed E-state index contributed by atoms with van der Waals surface area (Å²) < 4.78 is 27.4. The van der Waals surface area contributed by atoms with Crippen molar-refractivity contribution in [3.8, 4) is 0 Å². The molecule has 0 saturated carbocycles. The number of carbonyl (C=O) groups is 2. The second-order valence-electron chi connectivity index (χ2n) is 6.93. The van der Waals surface area contributed by atoms with E-state index in [4.69, 9.17) is 11.6 Å². The van der Waals surface area contributed by atoms with Gasteiger partial charge >= 0.3 is 0 Å². The average molecular weight is 469 g/mol. The van der Waals surface area contributed by atoms with E-state index >= 15 is 0 Å². The molecule has 32 heavy (non-hydrogen) atoms. The number of aliphatic hydroxyl groups is 1. The Hall–Kier alpha value is -3.62. The van der Waals surface area contributed by atoms with Gasteiger partial charge in [0.1, 0.15) is 12.2 Å². The summed E-state index contributed by atoms with van der Waals surface area (Å²) in [6, 6.07) is 20.2. The Balaban J connectivity index is 1.82. The van der Waals surface area contributed by atoms with Crippen molar-refractivity contribution in [3.05, 3.63) is 101 Å². The van der Waals surface area contributed by atoms with Crippen molar-refractivity contribution in [2.45, 2.75) is 4.90 Å². The monoisotopic (exact) mass is 468 g/mol. The molecule has 3 aromatic rings. The predicted molar refractivity (Wildman–Crippen MR) is 121 cm³/mol. The van der Waals surface area contributed by atoms with Crippen molar-refractivity contribution >= 4 is 44.8 Å². The molecule has 0 atom stereocenters. The largest absolute Gasteiger partial charge is 0.505 e. The third-order valence-electron chi connectivity index (χ3n) is 4.87. The van der Waals surface area contributed by atoms with Gasteiger partial charge < -0.3 is 10.4 Å². The minimum atomic E-state index is -4.31. The van der Waals surface area contributed by atoms with Gasteiger partial charge in [-0.25, -0.2) is 12.7 Å². The fourth-order valence-electron chi connectivity index (χ4n) is 3.36. The number of Topliss-reactive ketones (excluding diaryl/α,β-unsaturated/α-hetero) is 1. The normalized spacial score (nSPS) is 16.3. The summed E-state index contributed by atoms with van der Waals surface area (Å²) in [5.41, 5.74) is -0.0444. The topological polar surface area (TPSA) is 104 Å². The van der Waals surface area contributed by atoms with E-state index in [2.05, 4.69) is 5.32 Å². The van der Waals surface area contributed by atoms with Crippen LogP contribution in [0.5, 0.6) is 0 Å². The number of nitrogens with one attached hydrogen (secondary N) is 1. The third-order valence-corrected chi connectivity index (χ3v) is 7.00. The summed E-state index contributed by atoms with van der Waals surface area (Å²) in [5.74, 6) is -1.98. The number of fused-ring (bicyclic) bond motifs is 1.